The number of hydrogen-bond acceptors (Lipinski definition) is 3. The van der Waals surface area contributed by atoms with Gasteiger partial charge in [0.15, 0.2) is 6.29 Å². The first-order chi connectivity index (χ1) is 8.93. The summed E-state index contributed by atoms with van der Waals surface area (Å²) >= 11 is 0. The summed E-state index contributed by atoms with van der Waals surface area (Å²) in [6.07, 6.45) is -0.624. The van der Waals surface area contributed by atoms with Gasteiger partial charge in [0, 0.05) is 11.3 Å². The lowest BCUT2D eigenvalue weighted by Gasteiger charge is -2.23. The number of ether oxygens (including phenoxy) is 2. The van der Waals surface area contributed by atoms with Gasteiger partial charge in [0.2, 0.25) is 0 Å². The molecule has 1 aromatic carbocycles. The fourth-order valence-electron chi connectivity index (χ4n) is 2.59. The van der Waals surface area contributed by atoms with E-state index in [0.29, 0.717) is 24.5 Å². The maximum Gasteiger partial charge on any atom is 0.187 e. The van der Waals surface area contributed by atoms with Gasteiger partial charge in [0.05, 0.1) is 13.2 Å². The van der Waals surface area contributed by atoms with E-state index in [4.69, 9.17) is 15.2 Å². The van der Waals surface area contributed by atoms with E-state index in [9.17, 15) is 4.39 Å². The van der Waals surface area contributed by atoms with Crippen LogP contribution in [-0.4, -0.2) is 13.2 Å². The molecule has 1 aliphatic rings. The van der Waals surface area contributed by atoms with E-state index in [0.717, 1.165) is 11.1 Å². The highest BCUT2D eigenvalue weighted by molar-refractivity contribution is 5.60. The third-order valence-electron chi connectivity index (χ3n) is 3.49. The minimum Gasteiger partial charge on any atom is -0.398 e. The van der Waals surface area contributed by atoms with Crippen LogP contribution in [-0.2, 0) is 9.47 Å². The van der Waals surface area contributed by atoms with Gasteiger partial charge >= 0.3 is 0 Å². The molecule has 1 aliphatic heterocycles. The topological polar surface area (TPSA) is 44.5 Å². The first-order valence-electron chi connectivity index (χ1n) is 6.78. The fourth-order valence-corrected chi connectivity index (χ4v) is 2.59. The smallest absolute Gasteiger partial charge is 0.187 e. The normalized spacial score (nSPS) is 16.8. The molecule has 0 aliphatic carbocycles. The van der Waals surface area contributed by atoms with Crippen LogP contribution in [0.1, 0.15) is 62.5 Å². The number of nitrogen functional groups attached to an aromatic ring is 1. The summed E-state index contributed by atoms with van der Waals surface area (Å²) in [5.41, 5.74) is 9.04. The summed E-state index contributed by atoms with van der Waals surface area (Å²) in [6, 6.07) is 1.52. The molecule has 4 heteroatoms. The van der Waals surface area contributed by atoms with Gasteiger partial charge in [-0.25, -0.2) is 4.39 Å². The molecule has 3 nitrogen and oxygen atoms in total. The lowest BCUT2D eigenvalue weighted by molar-refractivity contribution is -0.0472. The van der Waals surface area contributed by atoms with Crippen molar-refractivity contribution < 1.29 is 13.9 Å². The number of benzene rings is 1. The second kappa shape index (κ2) is 5.47. The van der Waals surface area contributed by atoms with Gasteiger partial charge in [-0.1, -0.05) is 27.7 Å². The van der Waals surface area contributed by atoms with Gasteiger partial charge in [0.25, 0.3) is 0 Å². The number of anilines is 1. The summed E-state index contributed by atoms with van der Waals surface area (Å²) in [7, 11) is 0. The Bertz CT molecular complexity index is 466. The predicted octanol–water partition coefficient (Wildman–Crippen LogP) is 3.70. The Hall–Kier alpha value is -1.13. The highest BCUT2D eigenvalue weighted by Gasteiger charge is 2.29. The summed E-state index contributed by atoms with van der Waals surface area (Å²) in [4.78, 5) is 0. The molecule has 0 bridgehead atoms. The highest BCUT2D eigenvalue weighted by Crippen LogP contribution is 2.39. The molecule has 0 unspecified atom stereocenters. The van der Waals surface area contributed by atoms with Gasteiger partial charge in [-0.15, -0.1) is 0 Å². The van der Waals surface area contributed by atoms with E-state index in [1.165, 1.54) is 6.07 Å². The Morgan fingerprint density at radius 2 is 1.74 bits per heavy atom. The van der Waals surface area contributed by atoms with Crippen molar-refractivity contribution in [2.24, 2.45) is 0 Å². The summed E-state index contributed by atoms with van der Waals surface area (Å²) in [5, 5.41) is 0. The second-order valence-corrected chi connectivity index (χ2v) is 5.57. The molecule has 0 spiro atoms. The van der Waals surface area contributed by atoms with Crippen LogP contribution in [0.2, 0.25) is 0 Å². The molecule has 0 atom stereocenters. The van der Waals surface area contributed by atoms with Gasteiger partial charge < -0.3 is 15.2 Å². The zero-order valence-corrected chi connectivity index (χ0v) is 12.0. The Labute approximate surface area is 113 Å². The number of halogens is 1. The van der Waals surface area contributed by atoms with Crippen molar-refractivity contribution >= 4 is 5.69 Å². The van der Waals surface area contributed by atoms with Crippen molar-refractivity contribution in [3.05, 3.63) is 28.6 Å². The van der Waals surface area contributed by atoms with E-state index in [1.807, 2.05) is 27.7 Å². The quantitative estimate of drug-likeness (QED) is 0.849. The minimum absolute atomic E-state index is 0.121. The number of hydrogen-bond donors (Lipinski definition) is 1. The first kappa shape index (κ1) is 14.3. The van der Waals surface area contributed by atoms with Gasteiger partial charge in [-0.05, 0) is 29.0 Å². The molecule has 1 fully saturated rings. The fraction of sp³-hybridized carbons (Fsp3) is 0.600. The molecular formula is C15H22FNO2. The van der Waals surface area contributed by atoms with E-state index in [1.54, 1.807) is 0 Å². The van der Waals surface area contributed by atoms with Crippen LogP contribution in [0, 0.1) is 5.82 Å². The molecule has 0 radical (unpaired) electrons. The molecular weight excluding hydrogens is 245 g/mol. The van der Waals surface area contributed by atoms with Gasteiger partial charge in [-0.3, -0.25) is 0 Å². The molecule has 2 rings (SSSR count). The first-order valence-corrected chi connectivity index (χ1v) is 6.78. The molecule has 2 N–H and O–H groups in total. The highest BCUT2D eigenvalue weighted by atomic mass is 19.1. The lowest BCUT2D eigenvalue weighted by Crippen LogP contribution is -2.13. The average Bonchev–Trinajstić information content (AvgIpc) is 2.83. The standard InChI is InChI=1S/C15H22FNO2/c1-8(2)10-7-11(16)13(15-18-5-6-19-15)12(9(3)4)14(10)17/h7-9,15H,5-6,17H2,1-4H3. The van der Waals surface area contributed by atoms with Crippen molar-refractivity contribution in [1.82, 2.24) is 0 Å². The Kier molecular flexibility index (Phi) is 4.11. The third kappa shape index (κ3) is 2.60. The zero-order chi connectivity index (χ0) is 14.2. The molecule has 1 saturated heterocycles. The minimum atomic E-state index is -0.624. The largest absolute Gasteiger partial charge is 0.398 e. The van der Waals surface area contributed by atoms with Crippen LogP contribution in [0.15, 0.2) is 6.07 Å². The zero-order valence-electron chi connectivity index (χ0n) is 12.0. The molecule has 19 heavy (non-hydrogen) atoms. The van der Waals surface area contributed by atoms with Crippen molar-refractivity contribution in [1.29, 1.82) is 0 Å². The number of rotatable bonds is 3. The predicted molar refractivity (Wildman–Crippen MR) is 73.6 cm³/mol. The van der Waals surface area contributed by atoms with Crippen LogP contribution in [0.25, 0.3) is 0 Å². The van der Waals surface area contributed by atoms with Crippen LogP contribution in [0.3, 0.4) is 0 Å². The van der Waals surface area contributed by atoms with Crippen molar-refractivity contribution in [2.75, 3.05) is 18.9 Å². The van der Waals surface area contributed by atoms with Gasteiger partial charge in [0.1, 0.15) is 5.82 Å². The summed E-state index contributed by atoms with van der Waals surface area (Å²) in [6.45, 7) is 9.03. The SMILES string of the molecule is CC(C)c1cc(F)c(C2OCCO2)c(C(C)C)c1N. The second-order valence-electron chi connectivity index (χ2n) is 5.57. The molecule has 0 aromatic heterocycles. The van der Waals surface area contributed by atoms with Crippen molar-refractivity contribution in [3.63, 3.8) is 0 Å². The van der Waals surface area contributed by atoms with Gasteiger partial charge in [-0.2, -0.15) is 0 Å². The van der Waals surface area contributed by atoms with E-state index in [2.05, 4.69) is 0 Å². The summed E-state index contributed by atoms with van der Waals surface area (Å²) < 4.78 is 25.3. The maximum atomic E-state index is 14.4. The Morgan fingerprint density at radius 1 is 1.16 bits per heavy atom. The van der Waals surface area contributed by atoms with Crippen molar-refractivity contribution in [2.45, 2.75) is 45.8 Å². The third-order valence-corrected chi connectivity index (χ3v) is 3.49. The average molecular weight is 267 g/mol. The Balaban J connectivity index is 2.61. The van der Waals surface area contributed by atoms with Crippen LogP contribution < -0.4 is 5.73 Å². The van der Waals surface area contributed by atoms with E-state index < -0.39 is 6.29 Å². The van der Waals surface area contributed by atoms with Crippen LogP contribution >= 0.6 is 0 Å². The van der Waals surface area contributed by atoms with E-state index in [-0.39, 0.29) is 17.7 Å². The molecule has 106 valence electrons. The van der Waals surface area contributed by atoms with Crippen LogP contribution in [0.5, 0.6) is 0 Å². The monoisotopic (exact) mass is 267 g/mol. The molecule has 1 aromatic rings. The van der Waals surface area contributed by atoms with Crippen molar-refractivity contribution in [3.8, 4) is 0 Å². The Morgan fingerprint density at radius 3 is 2.21 bits per heavy atom. The molecule has 0 saturated carbocycles. The number of nitrogens with two attached hydrogens (primary N) is 1. The summed E-state index contributed by atoms with van der Waals surface area (Å²) in [5.74, 6) is 0.0240. The molecule has 1 heterocycles. The lowest BCUT2D eigenvalue weighted by atomic mass is 9.88. The molecule has 0 amide bonds. The van der Waals surface area contributed by atoms with E-state index >= 15 is 0 Å². The van der Waals surface area contributed by atoms with Crippen LogP contribution in [0.4, 0.5) is 10.1 Å². The maximum absolute atomic E-state index is 14.4.